The van der Waals surface area contributed by atoms with Crippen molar-refractivity contribution >= 4 is 27.6 Å². The molecule has 0 radical (unpaired) electrons. The first-order valence-corrected chi connectivity index (χ1v) is 11.8. The third-order valence-corrected chi connectivity index (χ3v) is 6.91. The van der Waals surface area contributed by atoms with Crippen LogP contribution in [-0.4, -0.2) is 40.5 Å². The molecule has 0 bridgehead atoms. The van der Waals surface area contributed by atoms with E-state index in [0.29, 0.717) is 5.56 Å². The highest BCUT2D eigenvalue weighted by Gasteiger charge is 2.29. The van der Waals surface area contributed by atoms with Gasteiger partial charge in [0.05, 0.1) is 21.8 Å². The summed E-state index contributed by atoms with van der Waals surface area (Å²) in [6.07, 6.45) is -2.39. The molecule has 0 saturated carbocycles. The van der Waals surface area contributed by atoms with Crippen LogP contribution in [0.5, 0.6) is 0 Å². The van der Waals surface area contributed by atoms with Gasteiger partial charge in [0.15, 0.2) is 0 Å². The third kappa shape index (κ3) is 4.35. The first-order valence-electron chi connectivity index (χ1n) is 10.9. The van der Waals surface area contributed by atoms with Gasteiger partial charge >= 0.3 is 6.09 Å². The van der Waals surface area contributed by atoms with E-state index in [1.807, 2.05) is 36.4 Å². The number of fused-ring (bicyclic) bond motifs is 4. The molecule has 1 aliphatic carbocycles. The van der Waals surface area contributed by atoms with Crippen molar-refractivity contribution < 1.29 is 19.7 Å². The summed E-state index contributed by atoms with van der Waals surface area (Å²) in [5, 5.41) is 23.5. The van der Waals surface area contributed by atoms with Crippen LogP contribution in [0.2, 0.25) is 0 Å². The Labute approximate surface area is 195 Å². The molecule has 6 nitrogen and oxygen atoms in total. The Bertz CT molecular complexity index is 1240. The van der Waals surface area contributed by atoms with E-state index in [2.05, 4.69) is 34.6 Å². The van der Waals surface area contributed by atoms with Gasteiger partial charge in [-0.05, 0) is 46.4 Å². The summed E-state index contributed by atoms with van der Waals surface area (Å²) in [5.74, 6) is -0.00257. The van der Waals surface area contributed by atoms with Crippen LogP contribution in [0, 0.1) is 0 Å². The van der Waals surface area contributed by atoms with Crippen molar-refractivity contribution in [3.05, 3.63) is 88.9 Å². The molecule has 1 aromatic heterocycles. The smallest absolute Gasteiger partial charge is 0.407 e. The second kappa shape index (κ2) is 9.31. The number of carbonyl (C=O) groups is 1. The third-order valence-electron chi connectivity index (χ3n) is 6.11. The highest BCUT2D eigenvalue weighted by Crippen LogP contribution is 2.44. The van der Waals surface area contributed by atoms with Crippen LogP contribution in [0.3, 0.4) is 0 Å². The molecule has 0 spiro atoms. The summed E-state index contributed by atoms with van der Waals surface area (Å²) >= 11 is 1.48. The summed E-state index contributed by atoms with van der Waals surface area (Å²) in [6.45, 7) is 0.428. The number of hydrogen-bond donors (Lipinski definition) is 3. The average Bonchev–Trinajstić information content (AvgIpc) is 3.44. The molecule has 1 aliphatic rings. The minimum Gasteiger partial charge on any atom is -0.449 e. The number of nitrogens with zero attached hydrogens (tertiary/aromatic N) is 1. The number of alkyl carbamates (subject to hydrolysis) is 1. The summed E-state index contributed by atoms with van der Waals surface area (Å²) in [4.78, 5) is 16.5. The fourth-order valence-electron chi connectivity index (χ4n) is 4.41. The Balaban J connectivity index is 1.13. The molecule has 33 heavy (non-hydrogen) atoms. The molecule has 168 valence electrons. The van der Waals surface area contributed by atoms with Gasteiger partial charge in [0.2, 0.25) is 0 Å². The molecular weight excluding hydrogens is 436 g/mol. The van der Waals surface area contributed by atoms with Gasteiger partial charge in [-0.2, -0.15) is 0 Å². The lowest BCUT2D eigenvalue weighted by molar-refractivity contribution is 0.0137. The fourth-order valence-corrected chi connectivity index (χ4v) is 5.13. The maximum atomic E-state index is 12.3. The summed E-state index contributed by atoms with van der Waals surface area (Å²) in [5.41, 5.74) is 7.90. The minimum absolute atomic E-state index is 0.00257. The van der Waals surface area contributed by atoms with Crippen molar-refractivity contribution in [3.63, 3.8) is 0 Å². The van der Waals surface area contributed by atoms with E-state index in [4.69, 9.17) is 4.74 Å². The van der Waals surface area contributed by atoms with Crippen LogP contribution >= 0.6 is 11.3 Å². The summed E-state index contributed by atoms with van der Waals surface area (Å²) in [7, 11) is 0. The van der Waals surface area contributed by atoms with Gasteiger partial charge in [0.1, 0.15) is 12.7 Å². The molecule has 3 aromatic carbocycles. The molecule has 2 atom stereocenters. The quantitative estimate of drug-likeness (QED) is 0.374. The van der Waals surface area contributed by atoms with Crippen molar-refractivity contribution in [1.29, 1.82) is 0 Å². The van der Waals surface area contributed by atoms with Crippen LogP contribution in [0.15, 0.2) is 72.2 Å². The van der Waals surface area contributed by atoms with Gasteiger partial charge < -0.3 is 20.3 Å². The zero-order valence-electron chi connectivity index (χ0n) is 17.8. The first-order chi connectivity index (χ1) is 16.1. The predicted molar refractivity (Wildman–Crippen MR) is 128 cm³/mol. The highest BCUT2D eigenvalue weighted by molar-refractivity contribution is 7.16. The zero-order chi connectivity index (χ0) is 22.8. The van der Waals surface area contributed by atoms with Crippen molar-refractivity contribution in [2.24, 2.45) is 0 Å². The van der Waals surface area contributed by atoms with Crippen molar-refractivity contribution in [3.8, 4) is 11.1 Å². The van der Waals surface area contributed by atoms with Crippen LogP contribution in [0.1, 0.15) is 35.1 Å². The van der Waals surface area contributed by atoms with E-state index in [1.165, 1.54) is 22.5 Å². The first kappa shape index (κ1) is 21.6. The van der Waals surface area contributed by atoms with Crippen molar-refractivity contribution in [2.45, 2.75) is 24.5 Å². The van der Waals surface area contributed by atoms with Gasteiger partial charge in [0, 0.05) is 12.5 Å². The number of amides is 1. The number of thiazole rings is 1. The van der Waals surface area contributed by atoms with Crippen LogP contribution < -0.4 is 5.32 Å². The number of rotatable bonds is 7. The standard InChI is InChI=1S/C26H24N2O4S/c29-23(25(30)16-9-10-22-24(13-16)33-15-28-22)11-12-27-26(31)32-14-21-19-7-3-1-5-17(19)18-6-2-4-8-20(18)21/h1-10,13,15,21,23,25,29-30H,11-12,14H2,(H,27,31). The van der Waals surface area contributed by atoms with Crippen molar-refractivity contribution in [1.82, 2.24) is 10.3 Å². The Morgan fingerprint density at radius 3 is 2.45 bits per heavy atom. The molecule has 1 heterocycles. The Hall–Kier alpha value is -3.26. The van der Waals surface area contributed by atoms with Gasteiger partial charge in [-0.15, -0.1) is 11.3 Å². The average molecular weight is 461 g/mol. The van der Waals surface area contributed by atoms with E-state index in [1.54, 1.807) is 11.6 Å². The molecule has 0 aliphatic heterocycles. The zero-order valence-corrected chi connectivity index (χ0v) is 18.7. The van der Waals surface area contributed by atoms with Crippen molar-refractivity contribution in [2.75, 3.05) is 13.2 Å². The number of nitrogens with one attached hydrogen (secondary N) is 1. The Kier molecular flexibility index (Phi) is 6.09. The lowest BCUT2D eigenvalue weighted by atomic mass is 9.98. The van der Waals surface area contributed by atoms with E-state index in [0.717, 1.165) is 21.3 Å². The van der Waals surface area contributed by atoms with Crippen LogP contribution in [-0.2, 0) is 4.74 Å². The number of aromatic nitrogens is 1. The number of aliphatic hydroxyl groups excluding tert-OH is 2. The van der Waals surface area contributed by atoms with E-state index in [9.17, 15) is 15.0 Å². The molecule has 1 amide bonds. The monoisotopic (exact) mass is 460 g/mol. The normalized spacial score (nSPS) is 14.5. The maximum absolute atomic E-state index is 12.3. The SMILES string of the molecule is O=C(NCCC(O)C(O)c1ccc2ncsc2c1)OCC1c2ccccc2-c2ccccc21. The second-order valence-corrected chi connectivity index (χ2v) is 9.02. The van der Waals surface area contributed by atoms with E-state index < -0.39 is 18.3 Å². The van der Waals surface area contributed by atoms with Gasteiger partial charge in [-0.3, -0.25) is 0 Å². The molecule has 0 saturated heterocycles. The fraction of sp³-hybridized carbons (Fsp3) is 0.231. The second-order valence-electron chi connectivity index (χ2n) is 8.13. The lowest BCUT2D eigenvalue weighted by Crippen LogP contribution is -2.30. The molecule has 5 rings (SSSR count). The largest absolute Gasteiger partial charge is 0.449 e. The molecular formula is C26H24N2O4S. The van der Waals surface area contributed by atoms with Gasteiger partial charge in [-0.1, -0.05) is 54.6 Å². The number of aliphatic hydroxyl groups is 2. The topological polar surface area (TPSA) is 91.7 Å². The molecule has 2 unspecified atom stereocenters. The summed E-state index contributed by atoms with van der Waals surface area (Å²) in [6, 6.07) is 21.8. The number of benzene rings is 3. The van der Waals surface area contributed by atoms with Crippen LogP contribution in [0.25, 0.3) is 21.3 Å². The summed E-state index contributed by atoms with van der Waals surface area (Å²) < 4.78 is 6.46. The lowest BCUT2D eigenvalue weighted by Gasteiger charge is -2.19. The predicted octanol–water partition coefficient (Wildman–Crippen LogP) is 4.62. The molecule has 3 N–H and O–H groups in total. The minimum atomic E-state index is -1.04. The van der Waals surface area contributed by atoms with E-state index >= 15 is 0 Å². The number of carbonyl (C=O) groups excluding carboxylic acids is 1. The Morgan fingerprint density at radius 2 is 1.73 bits per heavy atom. The number of ether oxygens (including phenoxy) is 1. The van der Waals surface area contributed by atoms with Crippen LogP contribution in [0.4, 0.5) is 4.79 Å². The molecule has 0 fully saturated rings. The number of hydrogen-bond acceptors (Lipinski definition) is 6. The molecule has 7 heteroatoms. The maximum Gasteiger partial charge on any atom is 0.407 e. The van der Waals surface area contributed by atoms with Gasteiger partial charge in [0.25, 0.3) is 0 Å². The molecule has 4 aromatic rings. The van der Waals surface area contributed by atoms with Gasteiger partial charge in [-0.25, -0.2) is 9.78 Å². The Morgan fingerprint density at radius 1 is 1.03 bits per heavy atom. The van der Waals surface area contributed by atoms with E-state index in [-0.39, 0.29) is 25.5 Å². The highest BCUT2D eigenvalue weighted by atomic mass is 32.1.